The SMILES string of the molecule is C=C(C)C(=O)OC(CO)COCCC[Si](C)(C)C(CC)(CC)O[Si](C)(C)C(C)(CC)O[Si](C)(C)CCCC. The summed E-state index contributed by atoms with van der Waals surface area (Å²) in [6.07, 6.45) is 5.65. The summed E-state index contributed by atoms with van der Waals surface area (Å²) < 4.78 is 25.6. The second-order valence-corrected chi connectivity index (χ2v) is 26.6. The predicted octanol–water partition coefficient (Wildman–Crippen LogP) is 7.63. The highest BCUT2D eigenvalue weighted by atomic mass is 28.4. The normalized spacial score (nSPS) is 15.7. The van der Waals surface area contributed by atoms with Gasteiger partial charge in [0.2, 0.25) is 8.32 Å². The highest BCUT2D eigenvalue weighted by Gasteiger charge is 2.54. The van der Waals surface area contributed by atoms with E-state index in [-0.39, 0.29) is 23.7 Å². The zero-order valence-electron chi connectivity index (χ0n) is 27.1. The van der Waals surface area contributed by atoms with Gasteiger partial charge in [-0.1, -0.05) is 66.3 Å². The maximum absolute atomic E-state index is 11.7. The third-order valence-corrected chi connectivity index (χ3v) is 20.4. The van der Waals surface area contributed by atoms with Crippen LogP contribution in [0.4, 0.5) is 0 Å². The molecule has 0 amide bonds. The Labute approximate surface area is 238 Å². The summed E-state index contributed by atoms with van der Waals surface area (Å²) >= 11 is 0. The van der Waals surface area contributed by atoms with Crippen molar-refractivity contribution in [1.82, 2.24) is 0 Å². The van der Waals surface area contributed by atoms with E-state index in [0.29, 0.717) is 12.2 Å². The molecule has 6 nitrogen and oxygen atoms in total. The van der Waals surface area contributed by atoms with Gasteiger partial charge in [0.1, 0.15) is 6.10 Å². The van der Waals surface area contributed by atoms with E-state index in [1.54, 1.807) is 6.92 Å². The molecule has 0 heterocycles. The molecule has 0 fully saturated rings. The van der Waals surface area contributed by atoms with Crippen LogP contribution in [0.1, 0.15) is 80.1 Å². The molecule has 0 spiro atoms. The summed E-state index contributed by atoms with van der Waals surface area (Å²) in [5.74, 6) is -0.500. The van der Waals surface area contributed by atoms with Gasteiger partial charge in [-0.25, -0.2) is 4.79 Å². The fourth-order valence-corrected chi connectivity index (χ4v) is 17.5. The molecule has 1 N–H and O–H groups in total. The smallest absolute Gasteiger partial charge is 0.333 e. The summed E-state index contributed by atoms with van der Waals surface area (Å²) in [4.78, 5) is 11.7. The standard InChI is InChI=1S/C29H62O6Si3/c1-14-18-22-37(10,11)34-28(7,15-2)38(12,13)35-29(16-3,17-4)36(8,9)21-19-20-32-24-26(23-30)33-27(31)25(5)6/h26,30H,5,14-24H2,1-4,6-13H3. The molecule has 38 heavy (non-hydrogen) atoms. The lowest BCUT2D eigenvalue weighted by atomic mass is 10.2. The largest absolute Gasteiger partial charge is 0.454 e. The average molecular weight is 591 g/mol. The first-order chi connectivity index (χ1) is 17.4. The van der Waals surface area contributed by atoms with E-state index < -0.39 is 36.8 Å². The molecule has 0 bridgehead atoms. The predicted molar refractivity (Wildman–Crippen MR) is 168 cm³/mol. The van der Waals surface area contributed by atoms with E-state index in [1.165, 1.54) is 18.9 Å². The Morgan fingerprint density at radius 3 is 1.95 bits per heavy atom. The van der Waals surface area contributed by atoms with Crippen LogP contribution in [-0.4, -0.2) is 72.2 Å². The van der Waals surface area contributed by atoms with Crippen LogP contribution >= 0.6 is 0 Å². The minimum atomic E-state index is -2.26. The zero-order chi connectivity index (χ0) is 29.8. The van der Waals surface area contributed by atoms with Crippen LogP contribution in [0, 0.1) is 0 Å². The van der Waals surface area contributed by atoms with Crippen LogP contribution in [0.5, 0.6) is 0 Å². The van der Waals surface area contributed by atoms with Gasteiger partial charge < -0.3 is 23.4 Å². The fraction of sp³-hybridized carbons (Fsp3) is 0.897. The van der Waals surface area contributed by atoms with E-state index in [9.17, 15) is 9.90 Å². The second-order valence-electron chi connectivity index (χ2n) is 12.9. The first kappa shape index (κ1) is 37.7. The van der Waals surface area contributed by atoms with Crippen molar-refractivity contribution in [3.05, 3.63) is 12.2 Å². The number of hydrogen-bond acceptors (Lipinski definition) is 6. The summed E-state index contributed by atoms with van der Waals surface area (Å²) in [5.41, 5.74) is 0.314. The first-order valence-corrected chi connectivity index (χ1v) is 24.1. The van der Waals surface area contributed by atoms with Gasteiger partial charge in [-0.3, -0.25) is 0 Å². The number of aliphatic hydroxyl groups is 1. The molecular formula is C29H62O6Si3. The van der Waals surface area contributed by atoms with E-state index in [2.05, 4.69) is 80.5 Å². The number of carbonyl (C=O) groups excluding carboxylic acids is 1. The van der Waals surface area contributed by atoms with Crippen molar-refractivity contribution in [2.45, 2.75) is 148 Å². The third-order valence-electron chi connectivity index (χ3n) is 8.63. The summed E-state index contributed by atoms with van der Waals surface area (Å²) in [6.45, 7) is 31.5. The molecule has 0 aromatic carbocycles. The lowest BCUT2D eigenvalue weighted by Gasteiger charge is -2.54. The Hall–Kier alpha value is -0.299. The Kier molecular flexibility index (Phi) is 16.1. The Morgan fingerprint density at radius 1 is 0.921 bits per heavy atom. The van der Waals surface area contributed by atoms with Crippen molar-refractivity contribution >= 4 is 30.7 Å². The van der Waals surface area contributed by atoms with E-state index in [1.807, 2.05) is 0 Å². The van der Waals surface area contributed by atoms with Crippen molar-refractivity contribution in [2.24, 2.45) is 0 Å². The van der Waals surface area contributed by atoms with Crippen LogP contribution in [0.2, 0.25) is 51.4 Å². The highest BCUT2D eigenvalue weighted by molar-refractivity contribution is 6.83. The van der Waals surface area contributed by atoms with Gasteiger partial charge in [0.15, 0.2) is 8.32 Å². The van der Waals surface area contributed by atoms with Crippen molar-refractivity contribution in [3.63, 3.8) is 0 Å². The molecule has 0 saturated heterocycles. The van der Waals surface area contributed by atoms with E-state index in [0.717, 1.165) is 31.7 Å². The van der Waals surface area contributed by atoms with Crippen molar-refractivity contribution < 1.29 is 28.2 Å². The number of rotatable bonds is 21. The second kappa shape index (κ2) is 16.2. The highest BCUT2D eigenvalue weighted by Crippen LogP contribution is 2.43. The molecule has 0 saturated carbocycles. The van der Waals surface area contributed by atoms with Gasteiger partial charge in [0.05, 0.1) is 26.5 Å². The molecule has 0 aliphatic heterocycles. The molecule has 0 aromatic rings. The minimum Gasteiger partial charge on any atom is -0.454 e. The monoisotopic (exact) mass is 590 g/mol. The molecule has 2 atom stereocenters. The van der Waals surface area contributed by atoms with Crippen molar-refractivity contribution in [3.8, 4) is 0 Å². The van der Waals surface area contributed by atoms with Crippen molar-refractivity contribution in [1.29, 1.82) is 0 Å². The Morgan fingerprint density at radius 2 is 1.50 bits per heavy atom. The molecular weight excluding hydrogens is 529 g/mol. The average Bonchev–Trinajstić information content (AvgIpc) is 2.84. The number of ether oxygens (including phenoxy) is 2. The van der Waals surface area contributed by atoms with Gasteiger partial charge in [-0.15, -0.1) is 0 Å². The van der Waals surface area contributed by atoms with Crippen LogP contribution in [0.3, 0.4) is 0 Å². The van der Waals surface area contributed by atoms with Crippen molar-refractivity contribution in [2.75, 3.05) is 19.8 Å². The fourth-order valence-electron chi connectivity index (χ4n) is 5.40. The van der Waals surface area contributed by atoms with Gasteiger partial charge in [0.25, 0.3) is 0 Å². The molecule has 0 aliphatic rings. The first-order valence-electron chi connectivity index (χ1n) is 14.9. The number of esters is 1. The summed E-state index contributed by atoms with van der Waals surface area (Å²) in [6, 6.07) is 2.27. The Balaban J connectivity index is 5.44. The topological polar surface area (TPSA) is 74.2 Å². The molecule has 0 radical (unpaired) electrons. The van der Waals surface area contributed by atoms with Gasteiger partial charge in [0, 0.05) is 17.4 Å². The number of aliphatic hydroxyl groups excluding tert-OH is 1. The molecule has 226 valence electrons. The maximum Gasteiger partial charge on any atom is 0.333 e. The molecule has 2 unspecified atom stereocenters. The molecule has 0 aromatic heterocycles. The number of carbonyl (C=O) groups is 1. The minimum absolute atomic E-state index is 0.123. The van der Waals surface area contributed by atoms with Crippen LogP contribution in [0.25, 0.3) is 0 Å². The molecule has 0 rings (SSSR count). The van der Waals surface area contributed by atoms with Crippen LogP contribution < -0.4 is 0 Å². The summed E-state index contributed by atoms with van der Waals surface area (Å²) in [5, 5.41) is 9.17. The molecule has 9 heteroatoms. The third kappa shape index (κ3) is 10.9. The van der Waals surface area contributed by atoms with Gasteiger partial charge in [-0.05, 0) is 71.8 Å². The van der Waals surface area contributed by atoms with E-state index >= 15 is 0 Å². The van der Waals surface area contributed by atoms with Crippen LogP contribution in [0.15, 0.2) is 12.2 Å². The molecule has 0 aliphatic carbocycles. The van der Waals surface area contributed by atoms with E-state index in [4.69, 9.17) is 18.3 Å². The quantitative estimate of drug-likeness (QED) is 0.0641. The zero-order valence-corrected chi connectivity index (χ0v) is 30.1. The number of unbranched alkanes of at least 4 members (excludes halogenated alkanes) is 1. The lowest BCUT2D eigenvalue weighted by Crippen LogP contribution is -2.67. The summed E-state index contributed by atoms with van der Waals surface area (Å²) in [7, 11) is -5.90. The number of hydrogen-bond donors (Lipinski definition) is 1. The maximum atomic E-state index is 11.7. The Bertz CT molecular complexity index is 721. The van der Waals surface area contributed by atoms with Gasteiger partial charge in [-0.2, -0.15) is 0 Å². The van der Waals surface area contributed by atoms with Gasteiger partial charge >= 0.3 is 5.97 Å². The lowest BCUT2D eigenvalue weighted by molar-refractivity contribution is -0.149. The van der Waals surface area contributed by atoms with Crippen LogP contribution in [-0.2, 0) is 23.1 Å².